The number of carbonyl (C=O) groups is 1. The Morgan fingerprint density at radius 2 is 1.70 bits per heavy atom. The molecule has 0 unspecified atom stereocenters. The zero-order valence-corrected chi connectivity index (χ0v) is 13.0. The Bertz CT molecular complexity index is 347. The largest absolute Gasteiger partial charge is 0.481 e. The van der Waals surface area contributed by atoms with Crippen molar-refractivity contribution in [2.24, 2.45) is 5.41 Å². The molecule has 1 aliphatic carbocycles. The summed E-state index contributed by atoms with van der Waals surface area (Å²) in [5.74, 6) is -0.667. The molecule has 1 saturated heterocycles. The Morgan fingerprint density at radius 3 is 2.10 bits per heavy atom. The Morgan fingerprint density at radius 1 is 1.10 bits per heavy atom. The first-order valence-electron chi connectivity index (χ1n) is 7.57. The maximum absolute atomic E-state index is 11.7. The molecule has 0 aromatic rings. The number of nitrogens with zero attached hydrogens (tertiary/aromatic N) is 2. The molecule has 0 bridgehead atoms. The van der Waals surface area contributed by atoms with Gasteiger partial charge in [0.1, 0.15) is 0 Å². The molecule has 0 spiro atoms. The average molecular weight is 284 g/mol. The maximum Gasteiger partial charge on any atom is 0.311 e. The molecule has 116 valence electrons. The molecule has 2 rings (SSSR count). The lowest BCUT2D eigenvalue weighted by Gasteiger charge is -2.50. The standard InChI is InChI=1S/C15H28N2O3/c1-16(2)15(5-4-6-15)12-17(3)11-14(13(18)19)7-9-20-10-8-14/h4-12H2,1-3H3,(H,18,19). The lowest BCUT2D eigenvalue weighted by atomic mass is 9.74. The molecule has 1 heterocycles. The second kappa shape index (κ2) is 6.00. The number of likely N-dealkylation sites (N-methyl/N-ethyl adjacent to an activating group) is 2. The Kier molecular flexibility index (Phi) is 4.72. The van der Waals surface area contributed by atoms with Crippen molar-refractivity contribution in [3.8, 4) is 0 Å². The van der Waals surface area contributed by atoms with Gasteiger partial charge in [-0.25, -0.2) is 0 Å². The average Bonchev–Trinajstić information content (AvgIpc) is 2.34. The highest BCUT2D eigenvalue weighted by Crippen LogP contribution is 2.38. The first kappa shape index (κ1) is 15.7. The summed E-state index contributed by atoms with van der Waals surface area (Å²) in [4.78, 5) is 16.2. The number of hydrogen-bond acceptors (Lipinski definition) is 4. The quantitative estimate of drug-likeness (QED) is 0.796. The number of carboxylic acid groups (broad SMARTS) is 1. The van der Waals surface area contributed by atoms with Gasteiger partial charge in [0.15, 0.2) is 0 Å². The maximum atomic E-state index is 11.7. The van der Waals surface area contributed by atoms with Gasteiger partial charge in [-0.05, 0) is 53.2 Å². The molecular weight excluding hydrogens is 256 g/mol. The van der Waals surface area contributed by atoms with E-state index in [1.165, 1.54) is 19.3 Å². The minimum atomic E-state index is -0.667. The van der Waals surface area contributed by atoms with Gasteiger partial charge in [-0.3, -0.25) is 4.79 Å². The van der Waals surface area contributed by atoms with Crippen molar-refractivity contribution >= 4 is 5.97 Å². The van der Waals surface area contributed by atoms with Gasteiger partial charge in [-0.1, -0.05) is 0 Å². The van der Waals surface area contributed by atoms with E-state index in [9.17, 15) is 9.90 Å². The fourth-order valence-electron chi connectivity index (χ4n) is 3.61. The molecule has 0 aromatic heterocycles. The van der Waals surface area contributed by atoms with Crippen molar-refractivity contribution in [2.45, 2.75) is 37.6 Å². The summed E-state index contributed by atoms with van der Waals surface area (Å²) >= 11 is 0. The van der Waals surface area contributed by atoms with E-state index in [0.717, 1.165) is 6.54 Å². The van der Waals surface area contributed by atoms with E-state index in [0.29, 0.717) is 32.6 Å². The number of rotatable bonds is 6. The Labute approximate surface area is 121 Å². The van der Waals surface area contributed by atoms with Crippen LogP contribution in [-0.4, -0.2) is 73.9 Å². The normalized spacial score (nSPS) is 24.6. The first-order chi connectivity index (χ1) is 9.40. The summed E-state index contributed by atoms with van der Waals surface area (Å²) in [7, 11) is 6.33. The van der Waals surface area contributed by atoms with Crippen molar-refractivity contribution in [2.75, 3.05) is 47.4 Å². The van der Waals surface area contributed by atoms with Crippen LogP contribution < -0.4 is 0 Å². The molecule has 5 nitrogen and oxygen atoms in total. The predicted octanol–water partition coefficient (Wildman–Crippen LogP) is 1.28. The fraction of sp³-hybridized carbons (Fsp3) is 0.933. The van der Waals surface area contributed by atoms with Gasteiger partial charge in [0.05, 0.1) is 5.41 Å². The zero-order valence-electron chi connectivity index (χ0n) is 13.0. The summed E-state index contributed by atoms with van der Waals surface area (Å²) in [6.45, 7) is 2.72. The smallest absolute Gasteiger partial charge is 0.311 e. The molecule has 0 aromatic carbocycles. The van der Waals surface area contributed by atoms with E-state index >= 15 is 0 Å². The van der Waals surface area contributed by atoms with Crippen LogP contribution in [0.2, 0.25) is 0 Å². The third kappa shape index (κ3) is 3.00. The SMILES string of the molecule is CN(CC1(C(=O)O)CCOCC1)CC1(N(C)C)CCC1. The predicted molar refractivity (Wildman–Crippen MR) is 77.9 cm³/mol. The molecule has 1 aliphatic heterocycles. The van der Waals surface area contributed by atoms with Crippen molar-refractivity contribution in [1.29, 1.82) is 0 Å². The van der Waals surface area contributed by atoms with Gasteiger partial charge in [0, 0.05) is 31.8 Å². The van der Waals surface area contributed by atoms with Gasteiger partial charge in [-0.2, -0.15) is 0 Å². The molecule has 0 radical (unpaired) electrons. The van der Waals surface area contributed by atoms with E-state index < -0.39 is 11.4 Å². The summed E-state index contributed by atoms with van der Waals surface area (Å²) in [6, 6.07) is 0. The second-order valence-corrected chi connectivity index (χ2v) is 6.84. The van der Waals surface area contributed by atoms with Crippen molar-refractivity contribution in [1.82, 2.24) is 9.80 Å². The fourth-order valence-corrected chi connectivity index (χ4v) is 3.61. The van der Waals surface area contributed by atoms with Crippen LogP contribution in [-0.2, 0) is 9.53 Å². The van der Waals surface area contributed by atoms with Crippen LogP contribution in [0, 0.1) is 5.41 Å². The number of ether oxygens (including phenoxy) is 1. The summed E-state index contributed by atoms with van der Waals surface area (Å²) in [5.41, 5.74) is -0.371. The minimum Gasteiger partial charge on any atom is -0.481 e. The molecule has 0 amide bonds. The van der Waals surface area contributed by atoms with Crippen LogP contribution in [0.1, 0.15) is 32.1 Å². The lowest BCUT2D eigenvalue weighted by molar-refractivity contribution is -0.157. The zero-order chi connectivity index (χ0) is 14.8. The number of hydrogen-bond donors (Lipinski definition) is 1. The molecular formula is C15H28N2O3. The monoisotopic (exact) mass is 284 g/mol. The Hall–Kier alpha value is -0.650. The van der Waals surface area contributed by atoms with Crippen LogP contribution in [0.4, 0.5) is 0 Å². The van der Waals surface area contributed by atoms with Crippen molar-refractivity contribution in [3.63, 3.8) is 0 Å². The highest BCUT2D eigenvalue weighted by Gasteiger charge is 2.44. The minimum absolute atomic E-state index is 0.250. The van der Waals surface area contributed by atoms with Crippen LogP contribution >= 0.6 is 0 Å². The van der Waals surface area contributed by atoms with Gasteiger partial charge in [-0.15, -0.1) is 0 Å². The van der Waals surface area contributed by atoms with E-state index in [4.69, 9.17) is 4.74 Å². The molecule has 2 fully saturated rings. The van der Waals surface area contributed by atoms with E-state index in [2.05, 4.69) is 30.9 Å². The Balaban J connectivity index is 1.98. The summed E-state index contributed by atoms with van der Waals surface area (Å²) in [5, 5.41) is 9.62. The highest BCUT2D eigenvalue weighted by atomic mass is 16.5. The number of carboxylic acids is 1. The molecule has 1 saturated carbocycles. The van der Waals surface area contributed by atoms with Gasteiger partial charge in [0.2, 0.25) is 0 Å². The molecule has 0 atom stereocenters. The van der Waals surface area contributed by atoms with Crippen molar-refractivity contribution in [3.05, 3.63) is 0 Å². The van der Waals surface area contributed by atoms with Crippen LogP contribution in [0.3, 0.4) is 0 Å². The first-order valence-corrected chi connectivity index (χ1v) is 7.57. The van der Waals surface area contributed by atoms with Gasteiger partial charge >= 0.3 is 5.97 Å². The van der Waals surface area contributed by atoms with Gasteiger partial charge in [0.25, 0.3) is 0 Å². The topological polar surface area (TPSA) is 53.0 Å². The van der Waals surface area contributed by atoms with E-state index in [1.54, 1.807) is 0 Å². The van der Waals surface area contributed by atoms with Crippen LogP contribution in [0.15, 0.2) is 0 Å². The highest BCUT2D eigenvalue weighted by molar-refractivity contribution is 5.75. The third-order valence-electron chi connectivity index (χ3n) is 5.27. The lowest BCUT2D eigenvalue weighted by Crippen LogP contribution is -2.58. The van der Waals surface area contributed by atoms with Gasteiger partial charge < -0.3 is 19.6 Å². The molecule has 20 heavy (non-hydrogen) atoms. The van der Waals surface area contributed by atoms with Crippen molar-refractivity contribution < 1.29 is 14.6 Å². The molecule has 5 heteroatoms. The molecule has 2 aliphatic rings. The third-order valence-corrected chi connectivity index (χ3v) is 5.27. The summed E-state index contributed by atoms with van der Waals surface area (Å²) < 4.78 is 5.34. The second-order valence-electron chi connectivity index (χ2n) is 6.84. The summed E-state index contributed by atoms with van der Waals surface area (Å²) in [6.07, 6.45) is 4.97. The van der Waals surface area contributed by atoms with Crippen LogP contribution in [0.5, 0.6) is 0 Å². The molecule has 1 N–H and O–H groups in total. The number of aliphatic carboxylic acids is 1. The van der Waals surface area contributed by atoms with E-state index in [1.807, 2.05) is 0 Å². The van der Waals surface area contributed by atoms with E-state index in [-0.39, 0.29) is 5.54 Å². The van der Waals surface area contributed by atoms with Crippen LogP contribution in [0.25, 0.3) is 0 Å².